The summed E-state index contributed by atoms with van der Waals surface area (Å²) in [5.41, 5.74) is 0. The molecule has 0 saturated heterocycles. The van der Waals surface area contributed by atoms with Gasteiger partial charge in [0, 0.05) is 19.4 Å². The molecule has 256 valence electrons. The third-order valence-corrected chi connectivity index (χ3v) is 8.83. The van der Waals surface area contributed by atoms with Gasteiger partial charge in [-0.3, -0.25) is 9.59 Å². The first kappa shape index (κ1) is 41.9. The minimum atomic E-state index is -0.0856. The third-order valence-electron chi connectivity index (χ3n) is 8.83. The molecule has 0 aromatic rings. The Kier molecular flexibility index (Phi) is 34.5. The second kappa shape index (κ2) is 35.4. The lowest BCUT2D eigenvalue weighted by Gasteiger charge is -2.07. The zero-order valence-electron chi connectivity index (χ0n) is 29.6. The molecule has 0 atom stereocenters. The molecule has 4 nitrogen and oxygen atoms in total. The van der Waals surface area contributed by atoms with Crippen molar-refractivity contribution in [2.24, 2.45) is 5.92 Å². The van der Waals surface area contributed by atoms with Crippen molar-refractivity contribution >= 4 is 11.9 Å². The molecule has 1 amide bonds. The van der Waals surface area contributed by atoms with Gasteiger partial charge in [-0.2, -0.15) is 0 Å². The Morgan fingerprint density at radius 3 is 1.28 bits per heavy atom. The molecule has 0 fully saturated rings. The molecule has 0 radical (unpaired) electrons. The Hall–Kier alpha value is -1.06. The fourth-order valence-corrected chi connectivity index (χ4v) is 5.89. The highest BCUT2D eigenvalue weighted by Crippen LogP contribution is 2.15. The van der Waals surface area contributed by atoms with Crippen LogP contribution in [0.25, 0.3) is 0 Å². The summed E-state index contributed by atoms with van der Waals surface area (Å²) in [7, 11) is 0. The van der Waals surface area contributed by atoms with Crippen LogP contribution < -0.4 is 5.32 Å². The molecule has 0 heterocycles. The predicted molar refractivity (Wildman–Crippen MR) is 188 cm³/mol. The van der Waals surface area contributed by atoms with Gasteiger partial charge in [-0.15, -0.1) is 0 Å². The van der Waals surface area contributed by atoms with E-state index >= 15 is 0 Å². The number of hydrogen-bond donors (Lipinski definition) is 1. The quantitative estimate of drug-likeness (QED) is 0.0576. The highest BCUT2D eigenvalue weighted by Gasteiger charge is 2.04. The van der Waals surface area contributed by atoms with Gasteiger partial charge in [0.1, 0.15) is 0 Å². The van der Waals surface area contributed by atoms with Crippen LogP contribution in [0, 0.1) is 5.92 Å². The van der Waals surface area contributed by atoms with Crippen molar-refractivity contribution in [3.63, 3.8) is 0 Å². The average molecular weight is 608 g/mol. The van der Waals surface area contributed by atoms with E-state index in [2.05, 4.69) is 26.1 Å². The van der Waals surface area contributed by atoms with E-state index in [1.54, 1.807) is 0 Å². The topological polar surface area (TPSA) is 55.4 Å². The minimum Gasteiger partial charge on any atom is -0.466 e. The summed E-state index contributed by atoms with van der Waals surface area (Å²) in [6, 6.07) is 0. The van der Waals surface area contributed by atoms with Gasteiger partial charge < -0.3 is 10.1 Å². The highest BCUT2D eigenvalue weighted by molar-refractivity contribution is 5.75. The molecule has 0 saturated carbocycles. The maximum Gasteiger partial charge on any atom is 0.305 e. The smallest absolute Gasteiger partial charge is 0.305 e. The number of esters is 1. The predicted octanol–water partition coefficient (Wildman–Crippen LogP) is 12.4. The standard InChI is InChI=1S/C39H77NO3/c1-4-5-6-7-8-9-10-11-12-13-17-20-23-26-29-33-38(41)40-35-31-36-43-39(42)34-30-27-24-21-18-15-14-16-19-22-25-28-32-37(2)3/h37H,4-36H2,1-3H3,(H,40,41). The molecule has 0 rings (SSSR count). The van der Waals surface area contributed by atoms with Crippen molar-refractivity contribution in [1.29, 1.82) is 0 Å². The van der Waals surface area contributed by atoms with Gasteiger partial charge in [-0.1, -0.05) is 188 Å². The van der Waals surface area contributed by atoms with Crippen LogP contribution >= 0.6 is 0 Å². The molecule has 0 aromatic heterocycles. The van der Waals surface area contributed by atoms with E-state index < -0.39 is 0 Å². The van der Waals surface area contributed by atoms with E-state index in [1.165, 1.54) is 154 Å². The molecule has 0 aliphatic rings. The highest BCUT2D eigenvalue weighted by atomic mass is 16.5. The Morgan fingerprint density at radius 1 is 0.488 bits per heavy atom. The van der Waals surface area contributed by atoms with E-state index in [1.807, 2.05) is 0 Å². The summed E-state index contributed by atoms with van der Waals surface area (Å²) in [4.78, 5) is 24.0. The van der Waals surface area contributed by atoms with Crippen LogP contribution in [-0.4, -0.2) is 25.0 Å². The fraction of sp³-hybridized carbons (Fsp3) is 0.949. The number of nitrogens with one attached hydrogen (secondary N) is 1. The summed E-state index contributed by atoms with van der Waals surface area (Å²) >= 11 is 0. The summed E-state index contributed by atoms with van der Waals surface area (Å²) in [6.45, 7) is 7.93. The summed E-state index contributed by atoms with van der Waals surface area (Å²) in [5.74, 6) is 0.907. The molecule has 0 unspecified atom stereocenters. The van der Waals surface area contributed by atoms with Crippen LogP contribution in [0.15, 0.2) is 0 Å². The van der Waals surface area contributed by atoms with E-state index in [9.17, 15) is 9.59 Å². The number of ether oxygens (including phenoxy) is 1. The van der Waals surface area contributed by atoms with E-state index in [0.717, 1.165) is 31.6 Å². The monoisotopic (exact) mass is 608 g/mol. The Labute approximate surface area is 270 Å². The van der Waals surface area contributed by atoms with Crippen molar-refractivity contribution in [3.8, 4) is 0 Å². The minimum absolute atomic E-state index is 0.0856. The number of amides is 1. The summed E-state index contributed by atoms with van der Waals surface area (Å²) in [6.07, 6.45) is 39.1. The van der Waals surface area contributed by atoms with Crippen LogP contribution in [0.2, 0.25) is 0 Å². The van der Waals surface area contributed by atoms with Crippen LogP contribution in [0.1, 0.15) is 220 Å². The first-order valence-corrected chi connectivity index (χ1v) is 19.5. The molecule has 43 heavy (non-hydrogen) atoms. The summed E-state index contributed by atoms with van der Waals surface area (Å²) in [5, 5.41) is 2.98. The molecular formula is C39H77NO3. The zero-order chi connectivity index (χ0) is 31.5. The van der Waals surface area contributed by atoms with Gasteiger partial charge in [0.25, 0.3) is 0 Å². The maximum atomic E-state index is 12.0. The van der Waals surface area contributed by atoms with Gasteiger partial charge >= 0.3 is 5.97 Å². The molecule has 0 spiro atoms. The lowest BCUT2D eigenvalue weighted by molar-refractivity contribution is -0.143. The van der Waals surface area contributed by atoms with Crippen LogP contribution in [-0.2, 0) is 14.3 Å². The first-order chi connectivity index (χ1) is 21.1. The molecule has 0 bridgehead atoms. The molecule has 0 aromatic carbocycles. The Bertz CT molecular complexity index is 577. The lowest BCUT2D eigenvalue weighted by Crippen LogP contribution is -2.25. The molecular weight excluding hydrogens is 530 g/mol. The molecule has 4 heteroatoms. The number of carbonyl (C=O) groups excluding carboxylic acids is 2. The normalized spacial score (nSPS) is 11.3. The van der Waals surface area contributed by atoms with Crippen molar-refractivity contribution in [2.75, 3.05) is 13.2 Å². The molecule has 0 aliphatic heterocycles. The van der Waals surface area contributed by atoms with Crippen molar-refractivity contribution < 1.29 is 14.3 Å². The van der Waals surface area contributed by atoms with Crippen LogP contribution in [0.4, 0.5) is 0 Å². The maximum absolute atomic E-state index is 12.0. The average Bonchev–Trinajstić information content (AvgIpc) is 2.99. The second-order valence-corrected chi connectivity index (χ2v) is 13.8. The lowest BCUT2D eigenvalue weighted by atomic mass is 10.0. The van der Waals surface area contributed by atoms with Gasteiger partial charge in [0.2, 0.25) is 5.91 Å². The SMILES string of the molecule is CCCCCCCCCCCCCCCCCC(=O)NCCCOC(=O)CCCCCCCCCCCCCCC(C)C. The number of hydrogen-bond acceptors (Lipinski definition) is 3. The fourth-order valence-electron chi connectivity index (χ4n) is 5.89. The van der Waals surface area contributed by atoms with Gasteiger partial charge in [0.05, 0.1) is 6.61 Å². The Morgan fingerprint density at radius 2 is 0.860 bits per heavy atom. The molecule has 0 aliphatic carbocycles. The van der Waals surface area contributed by atoms with E-state index in [0.29, 0.717) is 32.4 Å². The number of carbonyl (C=O) groups is 2. The number of unbranched alkanes of at least 4 members (excludes halogenated alkanes) is 25. The third kappa shape index (κ3) is 37.0. The van der Waals surface area contributed by atoms with E-state index in [-0.39, 0.29) is 11.9 Å². The zero-order valence-corrected chi connectivity index (χ0v) is 29.6. The Balaban J connectivity index is 3.26. The van der Waals surface area contributed by atoms with Gasteiger partial charge in [-0.25, -0.2) is 0 Å². The van der Waals surface area contributed by atoms with Crippen molar-refractivity contribution in [2.45, 2.75) is 220 Å². The van der Waals surface area contributed by atoms with Gasteiger partial charge in [-0.05, 0) is 25.2 Å². The van der Waals surface area contributed by atoms with Crippen molar-refractivity contribution in [3.05, 3.63) is 0 Å². The number of rotatable bonds is 35. The largest absolute Gasteiger partial charge is 0.466 e. The van der Waals surface area contributed by atoms with Gasteiger partial charge in [0.15, 0.2) is 0 Å². The summed E-state index contributed by atoms with van der Waals surface area (Å²) < 4.78 is 5.34. The molecule has 1 N–H and O–H groups in total. The van der Waals surface area contributed by atoms with Crippen LogP contribution in [0.5, 0.6) is 0 Å². The second-order valence-electron chi connectivity index (χ2n) is 13.8. The van der Waals surface area contributed by atoms with Crippen LogP contribution in [0.3, 0.4) is 0 Å². The van der Waals surface area contributed by atoms with E-state index in [4.69, 9.17) is 4.74 Å². The van der Waals surface area contributed by atoms with Crippen molar-refractivity contribution in [1.82, 2.24) is 5.32 Å². The first-order valence-electron chi connectivity index (χ1n) is 19.5.